The van der Waals surface area contributed by atoms with Crippen molar-refractivity contribution in [3.05, 3.63) is 59.2 Å². The highest BCUT2D eigenvalue weighted by Gasteiger charge is 2.21. The first kappa shape index (κ1) is 19.7. The normalized spacial score (nSPS) is 13.1. The molecule has 0 unspecified atom stereocenters. The number of carbonyl (C=O) groups is 1. The van der Waals surface area contributed by atoms with Gasteiger partial charge in [0.15, 0.2) is 0 Å². The first-order valence-electron chi connectivity index (χ1n) is 8.06. The molecule has 2 atom stereocenters. The topological polar surface area (TPSA) is 116 Å². The molecule has 0 aliphatic carbocycles. The lowest BCUT2D eigenvalue weighted by atomic mass is 10.1. The van der Waals surface area contributed by atoms with Crippen molar-refractivity contribution in [1.82, 2.24) is 0 Å². The number of ether oxygens (including phenoxy) is 2. The van der Waals surface area contributed by atoms with Gasteiger partial charge in [0.25, 0.3) is 0 Å². The Hall–Kier alpha value is -2.61. The van der Waals surface area contributed by atoms with Crippen LogP contribution in [0.4, 0.5) is 0 Å². The molecule has 2 rings (SSSR count). The predicted octanol–water partition coefficient (Wildman–Crippen LogP) is 1.15. The highest BCUT2D eigenvalue weighted by molar-refractivity contribution is 5.94. The number of hydrogen-bond acceptors (Lipinski definition) is 7. The Morgan fingerprint density at radius 2 is 1.81 bits per heavy atom. The molecule has 4 N–H and O–H groups in total. The molecule has 0 fully saturated rings. The fourth-order valence-corrected chi connectivity index (χ4v) is 2.29. The number of aliphatic hydroxyl groups is 3. The Labute approximate surface area is 151 Å². The number of aromatic hydroxyl groups is 1. The summed E-state index contributed by atoms with van der Waals surface area (Å²) >= 11 is 0. The van der Waals surface area contributed by atoms with E-state index in [2.05, 4.69) is 0 Å². The van der Waals surface area contributed by atoms with Crippen LogP contribution in [-0.4, -0.2) is 51.8 Å². The molecule has 0 bridgehead atoms. The van der Waals surface area contributed by atoms with E-state index in [1.807, 2.05) is 30.3 Å². The summed E-state index contributed by atoms with van der Waals surface area (Å²) in [5.41, 5.74) is 1.35. The molecule has 0 saturated heterocycles. The number of hydrogen-bond donors (Lipinski definition) is 4. The third-order valence-corrected chi connectivity index (χ3v) is 3.76. The Kier molecular flexibility index (Phi) is 6.97. The predicted molar refractivity (Wildman–Crippen MR) is 93.0 cm³/mol. The SMILES string of the molecule is Cc1cc(OCc2ccccc2)cc(O)c1C(=O)OC[C@H](O)[C@H](O)CO. The molecule has 0 aliphatic heterocycles. The zero-order valence-electron chi connectivity index (χ0n) is 14.3. The first-order valence-corrected chi connectivity index (χ1v) is 8.06. The van der Waals surface area contributed by atoms with E-state index >= 15 is 0 Å². The third kappa shape index (κ3) is 5.19. The Morgan fingerprint density at radius 3 is 2.42 bits per heavy atom. The van der Waals surface area contributed by atoms with Crippen LogP contribution in [0.15, 0.2) is 42.5 Å². The monoisotopic (exact) mass is 362 g/mol. The smallest absolute Gasteiger partial charge is 0.342 e. The average Bonchev–Trinajstić information content (AvgIpc) is 2.64. The fourth-order valence-electron chi connectivity index (χ4n) is 2.29. The minimum atomic E-state index is -1.42. The van der Waals surface area contributed by atoms with E-state index in [9.17, 15) is 20.1 Å². The van der Waals surface area contributed by atoms with E-state index in [1.165, 1.54) is 6.07 Å². The van der Waals surface area contributed by atoms with Crippen molar-refractivity contribution in [2.75, 3.05) is 13.2 Å². The van der Waals surface area contributed by atoms with E-state index in [0.29, 0.717) is 17.9 Å². The van der Waals surface area contributed by atoms with Crippen LogP contribution in [0.1, 0.15) is 21.5 Å². The zero-order valence-corrected chi connectivity index (χ0v) is 14.3. The van der Waals surface area contributed by atoms with Crippen molar-refractivity contribution in [3.63, 3.8) is 0 Å². The summed E-state index contributed by atoms with van der Waals surface area (Å²) in [7, 11) is 0. The van der Waals surface area contributed by atoms with Gasteiger partial charge in [-0.25, -0.2) is 4.79 Å². The van der Waals surface area contributed by atoms with Crippen LogP contribution in [0.3, 0.4) is 0 Å². The Balaban J connectivity index is 2.02. The lowest BCUT2D eigenvalue weighted by molar-refractivity contribution is -0.0468. The number of esters is 1. The second kappa shape index (κ2) is 9.19. The van der Waals surface area contributed by atoms with Crippen LogP contribution < -0.4 is 4.74 Å². The van der Waals surface area contributed by atoms with Gasteiger partial charge in [-0.15, -0.1) is 0 Å². The molecule has 0 aromatic heterocycles. The molecule has 7 heteroatoms. The molecule has 0 aliphatic rings. The molecule has 0 heterocycles. The highest BCUT2D eigenvalue weighted by atomic mass is 16.5. The number of carbonyl (C=O) groups excluding carboxylic acids is 1. The average molecular weight is 362 g/mol. The summed E-state index contributed by atoms with van der Waals surface area (Å²) in [5, 5.41) is 37.6. The standard InChI is InChI=1S/C19H22O7/c1-12-7-14(25-10-13-5-3-2-4-6-13)8-15(21)18(12)19(24)26-11-17(23)16(22)9-20/h2-8,16-17,20-23H,9-11H2,1H3/t16-,17+/m1/s1. The number of benzene rings is 2. The van der Waals surface area contributed by atoms with Crippen LogP contribution in [0.2, 0.25) is 0 Å². The molecule has 0 amide bonds. The summed E-state index contributed by atoms with van der Waals surface area (Å²) in [4.78, 5) is 12.1. The molecule has 0 saturated carbocycles. The van der Waals surface area contributed by atoms with Gasteiger partial charge in [-0.3, -0.25) is 0 Å². The van der Waals surface area contributed by atoms with Gasteiger partial charge in [-0.05, 0) is 24.1 Å². The molecule has 0 spiro atoms. The Bertz CT molecular complexity index is 707. The van der Waals surface area contributed by atoms with Gasteiger partial charge in [-0.1, -0.05) is 30.3 Å². The molecule has 2 aromatic carbocycles. The maximum Gasteiger partial charge on any atom is 0.342 e. The van der Waals surface area contributed by atoms with Crippen LogP contribution in [0.5, 0.6) is 11.5 Å². The maximum atomic E-state index is 12.1. The molecular weight excluding hydrogens is 340 g/mol. The van der Waals surface area contributed by atoms with Gasteiger partial charge in [0.1, 0.15) is 42.5 Å². The van der Waals surface area contributed by atoms with Gasteiger partial charge < -0.3 is 29.9 Å². The van der Waals surface area contributed by atoms with Gasteiger partial charge in [-0.2, -0.15) is 0 Å². The van der Waals surface area contributed by atoms with Gasteiger partial charge in [0, 0.05) is 6.07 Å². The van der Waals surface area contributed by atoms with Crippen LogP contribution >= 0.6 is 0 Å². The lowest BCUT2D eigenvalue weighted by Crippen LogP contribution is -2.34. The van der Waals surface area contributed by atoms with Gasteiger partial charge in [0.05, 0.1) is 6.61 Å². The van der Waals surface area contributed by atoms with Crippen LogP contribution in [0, 0.1) is 6.92 Å². The van der Waals surface area contributed by atoms with Gasteiger partial charge >= 0.3 is 5.97 Å². The van der Waals surface area contributed by atoms with Crippen molar-refractivity contribution in [3.8, 4) is 11.5 Å². The number of rotatable bonds is 8. The summed E-state index contributed by atoms with van der Waals surface area (Å²) in [6.07, 6.45) is -2.83. The quantitative estimate of drug-likeness (QED) is 0.521. The molecular formula is C19H22O7. The van der Waals surface area contributed by atoms with Crippen molar-refractivity contribution >= 4 is 5.97 Å². The molecule has 2 aromatic rings. The molecule has 26 heavy (non-hydrogen) atoms. The Morgan fingerprint density at radius 1 is 1.12 bits per heavy atom. The van der Waals surface area contributed by atoms with Crippen molar-refractivity contribution in [1.29, 1.82) is 0 Å². The number of phenolic OH excluding ortho intramolecular Hbond substituents is 1. The van der Waals surface area contributed by atoms with E-state index < -0.39 is 31.4 Å². The minimum absolute atomic E-state index is 0.0530. The van der Waals surface area contributed by atoms with E-state index in [4.69, 9.17) is 14.6 Å². The second-order valence-electron chi connectivity index (χ2n) is 5.82. The molecule has 140 valence electrons. The maximum absolute atomic E-state index is 12.1. The molecule has 0 radical (unpaired) electrons. The van der Waals surface area contributed by atoms with Crippen LogP contribution in [-0.2, 0) is 11.3 Å². The first-order chi connectivity index (χ1) is 12.4. The van der Waals surface area contributed by atoms with E-state index in [-0.39, 0.29) is 11.3 Å². The fraction of sp³-hybridized carbons (Fsp3) is 0.316. The summed E-state index contributed by atoms with van der Waals surface area (Å²) in [6, 6.07) is 12.4. The second-order valence-corrected chi connectivity index (χ2v) is 5.82. The van der Waals surface area contributed by atoms with Crippen molar-refractivity contribution < 1.29 is 34.7 Å². The van der Waals surface area contributed by atoms with Gasteiger partial charge in [0.2, 0.25) is 0 Å². The minimum Gasteiger partial charge on any atom is -0.507 e. The summed E-state index contributed by atoms with van der Waals surface area (Å²) < 4.78 is 10.5. The summed E-state index contributed by atoms with van der Waals surface area (Å²) in [5.74, 6) is -0.759. The number of phenols is 1. The third-order valence-electron chi connectivity index (χ3n) is 3.76. The van der Waals surface area contributed by atoms with Crippen molar-refractivity contribution in [2.45, 2.75) is 25.7 Å². The van der Waals surface area contributed by atoms with E-state index in [1.54, 1.807) is 13.0 Å². The lowest BCUT2D eigenvalue weighted by Gasteiger charge is -2.16. The number of aliphatic hydroxyl groups excluding tert-OH is 3. The van der Waals surface area contributed by atoms with Crippen molar-refractivity contribution in [2.24, 2.45) is 0 Å². The van der Waals surface area contributed by atoms with E-state index in [0.717, 1.165) is 5.56 Å². The van der Waals surface area contributed by atoms with Crippen LogP contribution in [0.25, 0.3) is 0 Å². The highest BCUT2D eigenvalue weighted by Crippen LogP contribution is 2.28. The summed E-state index contributed by atoms with van der Waals surface area (Å²) in [6.45, 7) is 0.765. The number of aryl methyl sites for hydroxylation is 1. The largest absolute Gasteiger partial charge is 0.507 e. The molecule has 7 nitrogen and oxygen atoms in total. The zero-order chi connectivity index (χ0) is 19.1.